The number of aromatic nitrogens is 1. The Morgan fingerprint density at radius 3 is 2.46 bits per heavy atom. The molecule has 24 heavy (non-hydrogen) atoms. The second-order valence-electron chi connectivity index (χ2n) is 5.33. The Labute approximate surface area is 137 Å². The maximum Gasteiger partial charge on any atom is 0.337 e. The Morgan fingerprint density at radius 1 is 1.12 bits per heavy atom. The first-order chi connectivity index (χ1) is 11.6. The van der Waals surface area contributed by atoms with Crippen molar-refractivity contribution in [1.29, 1.82) is 0 Å². The number of ether oxygens (including phenoxy) is 1. The van der Waals surface area contributed by atoms with Crippen molar-refractivity contribution in [2.24, 2.45) is 0 Å². The highest BCUT2D eigenvalue weighted by Gasteiger charge is 2.18. The fourth-order valence-corrected chi connectivity index (χ4v) is 2.75. The van der Waals surface area contributed by atoms with Crippen LogP contribution < -0.4 is 0 Å². The highest BCUT2D eigenvalue weighted by atomic mass is 19.1. The molecule has 0 saturated carbocycles. The average molecular weight is 327 g/mol. The van der Waals surface area contributed by atoms with Crippen LogP contribution in [-0.2, 0) is 11.2 Å². The lowest BCUT2D eigenvalue weighted by Crippen LogP contribution is -2.02. The van der Waals surface area contributed by atoms with E-state index < -0.39 is 17.6 Å². The number of fused-ring (bicyclic) bond motifs is 1. The third-order valence-corrected chi connectivity index (χ3v) is 3.97. The zero-order valence-electron chi connectivity index (χ0n) is 13.3. The van der Waals surface area contributed by atoms with Crippen molar-refractivity contribution < 1.29 is 18.3 Å². The van der Waals surface area contributed by atoms with Crippen molar-refractivity contribution >= 4 is 16.7 Å². The highest BCUT2D eigenvalue weighted by Crippen LogP contribution is 2.33. The molecule has 0 saturated heterocycles. The molecule has 0 aliphatic rings. The number of aryl methyl sites for hydroxylation is 1. The standard InChI is InChI=1S/C19H15F2NO2/c1-3-11-10-22-18(17-15(20)5-4-6-16(17)21)14-9-12(19(23)24-2)7-8-13(11)14/h4-10H,3H2,1-2H3. The van der Waals surface area contributed by atoms with Crippen LogP contribution in [-0.4, -0.2) is 18.1 Å². The molecular weight excluding hydrogens is 312 g/mol. The van der Waals surface area contributed by atoms with Gasteiger partial charge in [0, 0.05) is 11.6 Å². The molecule has 1 aromatic heterocycles. The molecule has 0 aliphatic heterocycles. The van der Waals surface area contributed by atoms with Crippen LogP contribution in [0.5, 0.6) is 0 Å². The molecule has 0 radical (unpaired) electrons. The van der Waals surface area contributed by atoms with Gasteiger partial charge in [-0.1, -0.05) is 19.1 Å². The molecule has 0 aliphatic carbocycles. The van der Waals surface area contributed by atoms with Gasteiger partial charge in [0.15, 0.2) is 0 Å². The topological polar surface area (TPSA) is 39.2 Å². The summed E-state index contributed by atoms with van der Waals surface area (Å²) in [4.78, 5) is 16.1. The summed E-state index contributed by atoms with van der Waals surface area (Å²) >= 11 is 0. The number of pyridine rings is 1. The predicted molar refractivity (Wildman–Crippen MR) is 87.8 cm³/mol. The molecule has 0 unspecified atom stereocenters. The first-order valence-corrected chi connectivity index (χ1v) is 7.51. The van der Waals surface area contributed by atoms with Crippen molar-refractivity contribution in [2.45, 2.75) is 13.3 Å². The number of nitrogens with zero attached hydrogens (tertiary/aromatic N) is 1. The van der Waals surface area contributed by atoms with Gasteiger partial charge in [0.2, 0.25) is 0 Å². The van der Waals surface area contributed by atoms with E-state index >= 15 is 0 Å². The fraction of sp³-hybridized carbons (Fsp3) is 0.158. The van der Waals surface area contributed by atoms with Crippen LogP contribution in [0.3, 0.4) is 0 Å². The highest BCUT2D eigenvalue weighted by molar-refractivity contribution is 6.01. The van der Waals surface area contributed by atoms with Crippen molar-refractivity contribution in [2.75, 3.05) is 7.11 Å². The van der Waals surface area contributed by atoms with Gasteiger partial charge in [0.05, 0.1) is 23.9 Å². The fourth-order valence-electron chi connectivity index (χ4n) is 2.75. The molecule has 0 atom stereocenters. The minimum Gasteiger partial charge on any atom is -0.465 e. The quantitative estimate of drug-likeness (QED) is 0.664. The van der Waals surface area contributed by atoms with Gasteiger partial charge in [0.1, 0.15) is 11.6 Å². The summed E-state index contributed by atoms with van der Waals surface area (Å²) in [6.45, 7) is 1.97. The summed E-state index contributed by atoms with van der Waals surface area (Å²) in [6, 6.07) is 8.62. The summed E-state index contributed by atoms with van der Waals surface area (Å²) in [5.41, 5.74) is 1.20. The number of halogens is 2. The number of methoxy groups -OCH3 is 1. The molecule has 1 heterocycles. The number of carbonyl (C=O) groups is 1. The third-order valence-electron chi connectivity index (χ3n) is 3.97. The lowest BCUT2D eigenvalue weighted by molar-refractivity contribution is 0.0601. The molecule has 0 N–H and O–H groups in total. The normalized spacial score (nSPS) is 10.8. The average Bonchev–Trinajstić information content (AvgIpc) is 2.60. The van der Waals surface area contributed by atoms with Gasteiger partial charge < -0.3 is 4.74 Å². The van der Waals surface area contributed by atoms with Gasteiger partial charge >= 0.3 is 5.97 Å². The van der Waals surface area contributed by atoms with E-state index in [1.54, 1.807) is 24.4 Å². The first-order valence-electron chi connectivity index (χ1n) is 7.51. The van der Waals surface area contributed by atoms with E-state index in [9.17, 15) is 13.6 Å². The summed E-state index contributed by atoms with van der Waals surface area (Å²) in [5, 5.41) is 1.32. The largest absolute Gasteiger partial charge is 0.465 e. The maximum absolute atomic E-state index is 14.2. The van der Waals surface area contributed by atoms with Crippen LogP contribution in [0.15, 0.2) is 42.6 Å². The van der Waals surface area contributed by atoms with E-state index in [4.69, 9.17) is 4.74 Å². The number of hydrogen-bond donors (Lipinski definition) is 0. The van der Waals surface area contributed by atoms with Gasteiger partial charge in [-0.25, -0.2) is 13.6 Å². The minimum atomic E-state index is -0.698. The minimum absolute atomic E-state index is 0.170. The summed E-state index contributed by atoms with van der Waals surface area (Å²) in [7, 11) is 1.28. The second-order valence-corrected chi connectivity index (χ2v) is 5.33. The maximum atomic E-state index is 14.2. The number of hydrogen-bond acceptors (Lipinski definition) is 3. The summed E-state index contributed by atoms with van der Waals surface area (Å²) in [5.74, 6) is -1.91. The lowest BCUT2D eigenvalue weighted by atomic mass is 9.97. The number of benzene rings is 2. The van der Waals surface area contributed by atoms with E-state index in [0.717, 1.165) is 10.9 Å². The Kier molecular flexibility index (Phi) is 4.25. The summed E-state index contributed by atoms with van der Waals surface area (Å²) < 4.78 is 33.1. The van der Waals surface area contributed by atoms with Gasteiger partial charge in [-0.3, -0.25) is 4.98 Å². The predicted octanol–water partition coefficient (Wildman–Crippen LogP) is 4.53. The van der Waals surface area contributed by atoms with Crippen LogP contribution in [0.4, 0.5) is 8.78 Å². The molecule has 5 heteroatoms. The number of esters is 1. The van der Waals surface area contributed by atoms with E-state index in [2.05, 4.69) is 4.98 Å². The lowest BCUT2D eigenvalue weighted by Gasteiger charge is -2.12. The van der Waals surface area contributed by atoms with Crippen LogP contribution in [0.25, 0.3) is 22.0 Å². The van der Waals surface area contributed by atoms with Gasteiger partial charge in [0.25, 0.3) is 0 Å². The van der Waals surface area contributed by atoms with E-state index in [1.807, 2.05) is 6.92 Å². The first kappa shape index (κ1) is 16.1. The Balaban J connectivity index is 2.37. The molecule has 3 rings (SSSR count). The smallest absolute Gasteiger partial charge is 0.337 e. The van der Waals surface area contributed by atoms with Gasteiger partial charge in [-0.05, 0) is 41.6 Å². The Bertz CT molecular complexity index is 918. The van der Waals surface area contributed by atoms with Crippen molar-refractivity contribution in [3.8, 4) is 11.3 Å². The third kappa shape index (κ3) is 2.62. The van der Waals surface area contributed by atoms with Gasteiger partial charge in [-0.15, -0.1) is 0 Å². The Hall–Kier alpha value is -2.82. The monoisotopic (exact) mass is 327 g/mol. The molecule has 0 fully saturated rings. The van der Waals surface area contributed by atoms with E-state index in [1.165, 1.54) is 25.3 Å². The molecule has 0 spiro atoms. The van der Waals surface area contributed by atoms with Crippen LogP contribution in [0, 0.1) is 11.6 Å². The second kappa shape index (κ2) is 6.35. The molecule has 0 bridgehead atoms. The molecular formula is C19H15F2NO2. The van der Waals surface area contributed by atoms with Gasteiger partial charge in [-0.2, -0.15) is 0 Å². The molecule has 3 aromatic rings. The number of rotatable bonds is 3. The van der Waals surface area contributed by atoms with E-state index in [-0.39, 0.29) is 11.3 Å². The zero-order chi connectivity index (χ0) is 17.3. The van der Waals surface area contributed by atoms with Crippen molar-refractivity contribution in [1.82, 2.24) is 4.98 Å². The van der Waals surface area contributed by atoms with Crippen molar-refractivity contribution in [3.63, 3.8) is 0 Å². The molecule has 122 valence electrons. The zero-order valence-corrected chi connectivity index (χ0v) is 13.3. The molecule has 2 aromatic carbocycles. The van der Waals surface area contributed by atoms with Crippen molar-refractivity contribution in [3.05, 3.63) is 65.4 Å². The molecule has 0 amide bonds. The van der Waals surface area contributed by atoms with Crippen LogP contribution in [0.1, 0.15) is 22.8 Å². The Morgan fingerprint density at radius 2 is 1.83 bits per heavy atom. The van der Waals surface area contributed by atoms with E-state index in [0.29, 0.717) is 17.4 Å². The summed E-state index contributed by atoms with van der Waals surface area (Å²) in [6.07, 6.45) is 2.32. The SMILES string of the molecule is CCc1cnc(-c2c(F)cccc2F)c2cc(C(=O)OC)ccc12. The van der Waals surface area contributed by atoms with Crippen LogP contribution >= 0.6 is 0 Å². The number of carbonyl (C=O) groups excluding carboxylic acids is 1. The molecule has 3 nitrogen and oxygen atoms in total. The van der Waals surface area contributed by atoms with Crippen LogP contribution in [0.2, 0.25) is 0 Å².